The summed E-state index contributed by atoms with van der Waals surface area (Å²) in [4.78, 5) is 23.1. The van der Waals surface area contributed by atoms with Gasteiger partial charge in [-0.1, -0.05) is 29.5 Å². The van der Waals surface area contributed by atoms with Crippen LogP contribution in [0.2, 0.25) is 0 Å². The normalized spacial score (nSPS) is 14.7. The van der Waals surface area contributed by atoms with Gasteiger partial charge in [-0.3, -0.25) is 4.79 Å². The Labute approximate surface area is 174 Å². The van der Waals surface area contributed by atoms with E-state index in [1.807, 2.05) is 4.90 Å². The Morgan fingerprint density at radius 1 is 1.07 bits per heavy atom. The molecule has 0 atom stereocenters. The van der Waals surface area contributed by atoms with Crippen molar-refractivity contribution in [3.05, 3.63) is 53.1 Å². The van der Waals surface area contributed by atoms with E-state index in [4.69, 9.17) is 4.98 Å². The van der Waals surface area contributed by atoms with Gasteiger partial charge >= 0.3 is 0 Å². The molecule has 0 bridgehead atoms. The molecular formula is C22H25N3OS2. The summed E-state index contributed by atoms with van der Waals surface area (Å²) in [5.74, 6) is 0.219. The zero-order valence-corrected chi connectivity index (χ0v) is 18.2. The third kappa shape index (κ3) is 4.03. The number of thioether (sulfide) groups is 1. The molecule has 0 unspecified atom stereocenters. The van der Waals surface area contributed by atoms with E-state index in [1.165, 1.54) is 20.7 Å². The molecule has 4 nitrogen and oxygen atoms in total. The second kappa shape index (κ2) is 8.13. The van der Waals surface area contributed by atoms with Crippen LogP contribution in [-0.4, -0.2) is 48.2 Å². The minimum atomic E-state index is 0.219. The lowest BCUT2D eigenvalue weighted by Crippen LogP contribution is -2.49. The van der Waals surface area contributed by atoms with E-state index in [0.29, 0.717) is 6.42 Å². The number of aromatic nitrogens is 1. The molecule has 3 aromatic rings. The first-order valence-electron chi connectivity index (χ1n) is 9.57. The first kappa shape index (κ1) is 19.3. The van der Waals surface area contributed by atoms with Gasteiger partial charge in [-0.2, -0.15) is 0 Å². The molecular weight excluding hydrogens is 386 g/mol. The molecule has 0 N–H and O–H groups in total. The zero-order valence-electron chi connectivity index (χ0n) is 16.6. The summed E-state index contributed by atoms with van der Waals surface area (Å²) >= 11 is 3.50. The number of nitrogens with zero attached hydrogens (tertiary/aromatic N) is 3. The monoisotopic (exact) mass is 411 g/mol. The molecule has 1 aliphatic rings. The molecule has 0 spiro atoms. The van der Waals surface area contributed by atoms with E-state index in [1.54, 1.807) is 23.1 Å². The van der Waals surface area contributed by atoms with Crippen LogP contribution in [0.5, 0.6) is 0 Å². The second-order valence-electron chi connectivity index (χ2n) is 7.29. The predicted octanol–water partition coefficient (Wildman–Crippen LogP) is 4.53. The lowest BCUT2D eigenvalue weighted by Gasteiger charge is -2.34. The maximum atomic E-state index is 12.7. The van der Waals surface area contributed by atoms with Crippen molar-refractivity contribution in [1.29, 1.82) is 0 Å². The van der Waals surface area contributed by atoms with Gasteiger partial charge < -0.3 is 9.80 Å². The number of carbonyl (C=O) groups excluding carboxylic acids is 1. The van der Waals surface area contributed by atoms with Crippen molar-refractivity contribution < 1.29 is 4.79 Å². The predicted molar refractivity (Wildman–Crippen MR) is 120 cm³/mol. The summed E-state index contributed by atoms with van der Waals surface area (Å²) in [7, 11) is 0. The molecule has 1 saturated heterocycles. The Bertz CT molecular complexity index is 1010. The van der Waals surface area contributed by atoms with Gasteiger partial charge in [0.25, 0.3) is 0 Å². The molecule has 1 fully saturated rings. The Morgan fingerprint density at radius 3 is 2.57 bits per heavy atom. The van der Waals surface area contributed by atoms with E-state index in [2.05, 4.69) is 61.4 Å². The van der Waals surface area contributed by atoms with Gasteiger partial charge in [-0.05, 0) is 55.0 Å². The zero-order chi connectivity index (χ0) is 19.7. The van der Waals surface area contributed by atoms with E-state index in [9.17, 15) is 4.79 Å². The van der Waals surface area contributed by atoms with Crippen LogP contribution in [-0.2, 0) is 11.2 Å². The largest absolute Gasteiger partial charge is 0.345 e. The van der Waals surface area contributed by atoms with Crippen molar-refractivity contribution in [3.63, 3.8) is 0 Å². The smallest absolute Gasteiger partial charge is 0.227 e. The summed E-state index contributed by atoms with van der Waals surface area (Å²) in [6, 6.07) is 12.7. The van der Waals surface area contributed by atoms with Gasteiger partial charge in [0.2, 0.25) is 5.91 Å². The summed E-state index contributed by atoms with van der Waals surface area (Å²) < 4.78 is 1.23. The molecule has 1 aromatic heterocycles. The van der Waals surface area contributed by atoms with Gasteiger partial charge in [0.15, 0.2) is 5.13 Å². The van der Waals surface area contributed by atoms with Crippen LogP contribution in [0.25, 0.3) is 10.2 Å². The van der Waals surface area contributed by atoms with Crippen molar-refractivity contribution in [3.8, 4) is 0 Å². The van der Waals surface area contributed by atoms with Crippen LogP contribution < -0.4 is 4.90 Å². The van der Waals surface area contributed by atoms with Crippen LogP contribution in [0, 0.1) is 13.8 Å². The SMILES string of the molecule is CSc1ccc2nc(N3CCN(C(=O)Cc4ccc(C)c(C)c4)CC3)sc2c1. The number of anilines is 1. The number of hydrogen-bond acceptors (Lipinski definition) is 5. The van der Waals surface area contributed by atoms with Crippen molar-refractivity contribution >= 4 is 44.4 Å². The molecule has 0 aliphatic carbocycles. The Kier molecular flexibility index (Phi) is 5.60. The first-order valence-corrected chi connectivity index (χ1v) is 11.6. The maximum absolute atomic E-state index is 12.7. The Balaban J connectivity index is 1.38. The highest BCUT2D eigenvalue weighted by Gasteiger charge is 2.23. The lowest BCUT2D eigenvalue weighted by molar-refractivity contribution is -0.130. The number of carbonyl (C=O) groups is 1. The number of benzene rings is 2. The minimum absolute atomic E-state index is 0.219. The number of aryl methyl sites for hydroxylation is 2. The average Bonchev–Trinajstić information content (AvgIpc) is 3.14. The van der Waals surface area contributed by atoms with Crippen LogP contribution in [0.15, 0.2) is 41.3 Å². The number of hydrogen-bond donors (Lipinski definition) is 0. The number of piperazine rings is 1. The molecule has 28 heavy (non-hydrogen) atoms. The fourth-order valence-corrected chi connectivity index (χ4v) is 5.07. The molecule has 1 amide bonds. The van der Waals surface area contributed by atoms with Crippen LogP contribution in [0.3, 0.4) is 0 Å². The highest BCUT2D eigenvalue weighted by molar-refractivity contribution is 7.98. The fraction of sp³-hybridized carbons (Fsp3) is 0.364. The molecule has 0 radical (unpaired) electrons. The minimum Gasteiger partial charge on any atom is -0.345 e. The number of rotatable bonds is 4. The van der Waals surface area contributed by atoms with E-state index < -0.39 is 0 Å². The molecule has 4 rings (SSSR count). The molecule has 146 valence electrons. The van der Waals surface area contributed by atoms with Crippen LogP contribution in [0.1, 0.15) is 16.7 Å². The first-order chi connectivity index (χ1) is 13.5. The Morgan fingerprint density at radius 2 is 1.86 bits per heavy atom. The van der Waals surface area contributed by atoms with E-state index >= 15 is 0 Å². The van der Waals surface area contributed by atoms with Crippen LogP contribution in [0.4, 0.5) is 5.13 Å². The van der Waals surface area contributed by atoms with Crippen molar-refractivity contribution in [1.82, 2.24) is 9.88 Å². The molecule has 1 aliphatic heterocycles. The summed E-state index contributed by atoms with van der Waals surface area (Å²) in [6.45, 7) is 7.40. The number of fused-ring (bicyclic) bond motifs is 1. The lowest BCUT2D eigenvalue weighted by atomic mass is 10.0. The third-order valence-corrected chi connectivity index (χ3v) is 7.22. The molecule has 6 heteroatoms. The van der Waals surface area contributed by atoms with E-state index in [-0.39, 0.29) is 5.91 Å². The van der Waals surface area contributed by atoms with Gasteiger partial charge in [0, 0.05) is 31.1 Å². The van der Waals surface area contributed by atoms with E-state index in [0.717, 1.165) is 42.4 Å². The highest BCUT2D eigenvalue weighted by Crippen LogP contribution is 2.32. The highest BCUT2D eigenvalue weighted by atomic mass is 32.2. The number of thiazole rings is 1. The van der Waals surface area contributed by atoms with Gasteiger partial charge in [0.05, 0.1) is 16.6 Å². The topological polar surface area (TPSA) is 36.4 Å². The summed E-state index contributed by atoms with van der Waals surface area (Å²) in [5, 5.41) is 1.06. The molecule has 2 aromatic carbocycles. The van der Waals surface area contributed by atoms with Gasteiger partial charge in [-0.15, -0.1) is 11.8 Å². The van der Waals surface area contributed by atoms with Gasteiger partial charge in [-0.25, -0.2) is 4.98 Å². The van der Waals surface area contributed by atoms with Gasteiger partial charge in [0.1, 0.15) is 0 Å². The number of amides is 1. The van der Waals surface area contributed by atoms with Crippen LogP contribution >= 0.6 is 23.1 Å². The Hall–Kier alpha value is -2.05. The molecule has 2 heterocycles. The average molecular weight is 412 g/mol. The standard InChI is InChI=1S/C22H25N3OS2/c1-15-4-5-17(12-16(15)2)13-21(26)24-8-10-25(11-9-24)22-23-19-7-6-18(27-3)14-20(19)28-22/h4-7,12,14H,8-11,13H2,1-3H3. The maximum Gasteiger partial charge on any atom is 0.227 e. The van der Waals surface area contributed by atoms with Crippen molar-refractivity contribution in [2.24, 2.45) is 0 Å². The third-order valence-electron chi connectivity index (χ3n) is 5.41. The summed E-state index contributed by atoms with van der Waals surface area (Å²) in [5.41, 5.74) is 4.68. The van der Waals surface area contributed by atoms with Crippen molar-refractivity contribution in [2.75, 3.05) is 37.3 Å². The van der Waals surface area contributed by atoms with Crippen molar-refractivity contribution in [2.45, 2.75) is 25.2 Å². The molecule has 0 saturated carbocycles. The summed E-state index contributed by atoms with van der Waals surface area (Å²) in [6.07, 6.45) is 2.58. The quantitative estimate of drug-likeness (QED) is 0.591. The fourth-order valence-electron chi connectivity index (χ4n) is 3.50. The second-order valence-corrected chi connectivity index (χ2v) is 9.18.